The summed E-state index contributed by atoms with van der Waals surface area (Å²) in [6.45, 7) is 5.03. The average Bonchev–Trinajstić information content (AvgIpc) is 2.94. The van der Waals surface area contributed by atoms with Crippen molar-refractivity contribution in [1.29, 1.82) is 0 Å². The molecule has 1 heterocycles. The summed E-state index contributed by atoms with van der Waals surface area (Å²) in [6, 6.07) is 0. The Balaban J connectivity index is 1.78. The lowest BCUT2D eigenvalue weighted by Crippen LogP contribution is -2.39. The normalized spacial score (nSPS) is 29.3. The molecule has 1 saturated carbocycles. The number of carboxylic acids is 1. The van der Waals surface area contributed by atoms with Gasteiger partial charge in [-0.25, -0.2) is 4.79 Å². The number of carbonyl (C=O) groups is 2. The van der Waals surface area contributed by atoms with E-state index in [2.05, 4.69) is 19.2 Å². The van der Waals surface area contributed by atoms with E-state index in [1.54, 1.807) is 0 Å². The summed E-state index contributed by atoms with van der Waals surface area (Å²) in [6.07, 6.45) is 1.83. The molecule has 1 saturated heterocycles. The van der Waals surface area contributed by atoms with Crippen LogP contribution in [0.3, 0.4) is 0 Å². The van der Waals surface area contributed by atoms with Gasteiger partial charge in [-0.3, -0.25) is 4.79 Å². The third-order valence-electron chi connectivity index (χ3n) is 4.32. The van der Waals surface area contributed by atoms with Gasteiger partial charge in [0.1, 0.15) is 6.10 Å². The van der Waals surface area contributed by atoms with Gasteiger partial charge >= 0.3 is 5.97 Å². The van der Waals surface area contributed by atoms with Crippen molar-refractivity contribution in [2.75, 3.05) is 6.54 Å². The molecule has 0 unspecified atom stereocenters. The van der Waals surface area contributed by atoms with Gasteiger partial charge in [-0.2, -0.15) is 0 Å². The van der Waals surface area contributed by atoms with Gasteiger partial charge in [0.15, 0.2) is 6.10 Å². The van der Waals surface area contributed by atoms with Crippen LogP contribution in [0.15, 0.2) is 0 Å². The van der Waals surface area contributed by atoms with Gasteiger partial charge in [-0.1, -0.05) is 13.8 Å². The van der Waals surface area contributed by atoms with Gasteiger partial charge in [-0.05, 0) is 37.0 Å². The minimum atomic E-state index is -0.980. The second-order valence-electron chi connectivity index (χ2n) is 5.76. The van der Waals surface area contributed by atoms with Crippen molar-refractivity contribution in [1.82, 2.24) is 5.32 Å². The van der Waals surface area contributed by atoms with E-state index in [0.717, 1.165) is 12.8 Å². The average molecular weight is 255 g/mol. The van der Waals surface area contributed by atoms with E-state index in [1.807, 2.05) is 0 Å². The first kappa shape index (κ1) is 13.3. The van der Waals surface area contributed by atoms with Crippen LogP contribution in [0.25, 0.3) is 0 Å². The molecule has 5 nitrogen and oxygen atoms in total. The molecule has 0 spiro atoms. The Morgan fingerprint density at radius 3 is 2.39 bits per heavy atom. The molecule has 1 aliphatic carbocycles. The van der Waals surface area contributed by atoms with Crippen molar-refractivity contribution in [3.8, 4) is 0 Å². The fraction of sp³-hybridized carbons (Fsp3) is 0.846. The first-order chi connectivity index (χ1) is 8.44. The Hall–Kier alpha value is -1.10. The van der Waals surface area contributed by atoms with E-state index < -0.39 is 18.2 Å². The summed E-state index contributed by atoms with van der Waals surface area (Å²) >= 11 is 0. The van der Waals surface area contributed by atoms with E-state index in [4.69, 9.17) is 9.84 Å². The van der Waals surface area contributed by atoms with Crippen LogP contribution < -0.4 is 5.32 Å². The summed E-state index contributed by atoms with van der Waals surface area (Å²) in [5, 5.41) is 11.7. The molecule has 5 heteroatoms. The quantitative estimate of drug-likeness (QED) is 0.773. The Morgan fingerprint density at radius 1 is 1.33 bits per heavy atom. The van der Waals surface area contributed by atoms with Crippen molar-refractivity contribution in [3.63, 3.8) is 0 Å². The van der Waals surface area contributed by atoms with Gasteiger partial charge in [0.25, 0.3) is 0 Å². The standard InChI is InChI=1S/C13H21NO4/c1-8(2)13(5-6-13)7-14-11(15)9-3-4-10(18-9)12(16)17/h8-10H,3-7H2,1-2H3,(H,14,15)(H,16,17)/t9-,10+/m0/s1. The topological polar surface area (TPSA) is 75.6 Å². The molecule has 2 N–H and O–H groups in total. The fourth-order valence-corrected chi connectivity index (χ4v) is 2.51. The molecule has 2 aliphatic rings. The van der Waals surface area contributed by atoms with Crippen LogP contribution in [0.4, 0.5) is 0 Å². The summed E-state index contributed by atoms with van der Waals surface area (Å²) in [5.74, 6) is -0.578. The SMILES string of the molecule is CC(C)C1(CNC(=O)[C@@H]2CC[C@H](C(=O)O)O2)CC1. The highest BCUT2D eigenvalue weighted by Crippen LogP contribution is 2.51. The van der Waals surface area contributed by atoms with Crippen molar-refractivity contribution < 1.29 is 19.4 Å². The first-order valence-electron chi connectivity index (χ1n) is 6.60. The predicted octanol–water partition coefficient (Wildman–Crippen LogP) is 1.17. The third-order valence-corrected chi connectivity index (χ3v) is 4.32. The largest absolute Gasteiger partial charge is 0.479 e. The molecule has 2 atom stereocenters. The van der Waals surface area contributed by atoms with Gasteiger partial charge in [0, 0.05) is 6.54 Å². The third kappa shape index (κ3) is 2.66. The molecule has 0 bridgehead atoms. The van der Waals surface area contributed by atoms with Crippen molar-refractivity contribution in [2.24, 2.45) is 11.3 Å². The second kappa shape index (κ2) is 4.88. The highest BCUT2D eigenvalue weighted by atomic mass is 16.5. The molecule has 0 radical (unpaired) electrons. The van der Waals surface area contributed by atoms with E-state index in [-0.39, 0.29) is 11.3 Å². The predicted molar refractivity (Wildman–Crippen MR) is 65.0 cm³/mol. The first-order valence-corrected chi connectivity index (χ1v) is 6.60. The number of amides is 1. The second-order valence-corrected chi connectivity index (χ2v) is 5.76. The molecule has 102 valence electrons. The number of aliphatic carboxylic acids is 1. The van der Waals surface area contributed by atoms with Gasteiger partial charge in [-0.15, -0.1) is 0 Å². The lowest BCUT2D eigenvalue weighted by molar-refractivity contribution is -0.151. The zero-order chi connectivity index (χ0) is 13.3. The van der Waals surface area contributed by atoms with Crippen LogP contribution in [0.2, 0.25) is 0 Å². The van der Waals surface area contributed by atoms with Gasteiger partial charge in [0.05, 0.1) is 0 Å². The van der Waals surface area contributed by atoms with Gasteiger partial charge < -0.3 is 15.2 Å². The summed E-state index contributed by atoms with van der Waals surface area (Å²) < 4.78 is 5.22. The minimum absolute atomic E-state index is 0.161. The van der Waals surface area contributed by atoms with Crippen LogP contribution in [-0.4, -0.2) is 35.7 Å². The zero-order valence-corrected chi connectivity index (χ0v) is 10.9. The molecule has 2 rings (SSSR count). The number of hydrogen-bond acceptors (Lipinski definition) is 3. The molecule has 0 aromatic rings. The maximum Gasteiger partial charge on any atom is 0.332 e. The van der Waals surface area contributed by atoms with E-state index in [0.29, 0.717) is 25.3 Å². The molecule has 1 aliphatic heterocycles. The van der Waals surface area contributed by atoms with Crippen LogP contribution in [0, 0.1) is 11.3 Å². The maximum atomic E-state index is 11.9. The molecular formula is C13H21NO4. The highest BCUT2D eigenvalue weighted by molar-refractivity contribution is 5.82. The highest BCUT2D eigenvalue weighted by Gasteiger charge is 2.46. The van der Waals surface area contributed by atoms with E-state index in [1.165, 1.54) is 0 Å². The summed E-state index contributed by atoms with van der Waals surface area (Å²) in [4.78, 5) is 22.6. The Morgan fingerprint density at radius 2 is 1.94 bits per heavy atom. The van der Waals surface area contributed by atoms with Crippen LogP contribution in [0.5, 0.6) is 0 Å². The number of carbonyl (C=O) groups excluding carboxylic acids is 1. The molecular weight excluding hydrogens is 234 g/mol. The lowest BCUT2D eigenvalue weighted by Gasteiger charge is -2.21. The summed E-state index contributed by atoms with van der Waals surface area (Å²) in [7, 11) is 0. The molecule has 1 amide bonds. The van der Waals surface area contributed by atoms with Crippen LogP contribution in [0.1, 0.15) is 39.5 Å². The number of carboxylic acid groups (broad SMARTS) is 1. The Labute approximate surface area is 107 Å². The molecule has 18 heavy (non-hydrogen) atoms. The lowest BCUT2D eigenvalue weighted by atomic mass is 9.92. The van der Waals surface area contributed by atoms with E-state index in [9.17, 15) is 9.59 Å². The van der Waals surface area contributed by atoms with Gasteiger partial charge in [0.2, 0.25) is 5.91 Å². The molecule has 2 fully saturated rings. The zero-order valence-electron chi connectivity index (χ0n) is 10.9. The maximum absolute atomic E-state index is 11.9. The minimum Gasteiger partial charge on any atom is -0.479 e. The summed E-state index contributed by atoms with van der Waals surface area (Å²) in [5.41, 5.74) is 0.264. The number of ether oxygens (including phenoxy) is 1. The van der Waals surface area contributed by atoms with E-state index >= 15 is 0 Å². The molecule has 0 aromatic carbocycles. The van der Waals surface area contributed by atoms with Crippen LogP contribution >= 0.6 is 0 Å². The Bertz CT molecular complexity index is 349. The van der Waals surface area contributed by atoms with Crippen molar-refractivity contribution in [2.45, 2.75) is 51.7 Å². The van der Waals surface area contributed by atoms with Crippen molar-refractivity contribution in [3.05, 3.63) is 0 Å². The smallest absolute Gasteiger partial charge is 0.332 e. The number of rotatable bonds is 5. The van der Waals surface area contributed by atoms with Crippen molar-refractivity contribution >= 4 is 11.9 Å². The number of nitrogens with one attached hydrogen (secondary N) is 1. The molecule has 0 aromatic heterocycles. The Kier molecular flexibility index (Phi) is 3.61. The fourth-order valence-electron chi connectivity index (χ4n) is 2.51. The van der Waals surface area contributed by atoms with Crippen LogP contribution in [-0.2, 0) is 14.3 Å². The number of hydrogen-bond donors (Lipinski definition) is 2. The monoisotopic (exact) mass is 255 g/mol.